The van der Waals surface area contributed by atoms with Gasteiger partial charge >= 0.3 is 0 Å². The van der Waals surface area contributed by atoms with Gasteiger partial charge in [-0.1, -0.05) is 37.5 Å². The van der Waals surface area contributed by atoms with Crippen LogP contribution in [0.15, 0.2) is 38.7 Å². The Labute approximate surface area is 193 Å². The molecule has 5 rings (SSSR count). The van der Waals surface area contributed by atoms with Gasteiger partial charge in [-0.25, -0.2) is 4.99 Å². The molecule has 0 radical (unpaired) electrons. The highest BCUT2D eigenvalue weighted by Crippen LogP contribution is 2.36. The van der Waals surface area contributed by atoms with Crippen molar-refractivity contribution in [3.8, 4) is 0 Å². The number of fused-ring (bicyclic) bond motifs is 1. The van der Waals surface area contributed by atoms with Gasteiger partial charge in [0.25, 0.3) is 5.91 Å². The lowest BCUT2D eigenvalue weighted by atomic mass is 9.86. The topological polar surface area (TPSA) is 110 Å². The van der Waals surface area contributed by atoms with Crippen LogP contribution in [0.5, 0.6) is 0 Å². The van der Waals surface area contributed by atoms with Crippen molar-refractivity contribution in [2.24, 2.45) is 15.9 Å². The summed E-state index contributed by atoms with van der Waals surface area (Å²) in [6.07, 6.45) is 17.8. The number of allylic oxidation sites excluding steroid dienone is 3. The summed E-state index contributed by atoms with van der Waals surface area (Å²) in [7, 11) is 0. The van der Waals surface area contributed by atoms with Gasteiger partial charge in [0.1, 0.15) is 11.8 Å². The Bertz CT molecular complexity index is 1010. The molecule has 3 aliphatic carbocycles. The van der Waals surface area contributed by atoms with Gasteiger partial charge in [-0.2, -0.15) is 4.99 Å². The van der Waals surface area contributed by atoms with E-state index in [0.29, 0.717) is 23.9 Å². The molecule has 1 unspecified atom stereocenters. The van der Waals surface area contributed by atoms with Crippen LogP contribution in [0.25, 0.3) is 0 Å². The predicted molar refractivity (Wildman–Crippen MR) is 124 cm³/mol. The van der Waals surface area contributed by atoms with Crippen LogP contribution in [0.3, 0.4) is 0 Å². The minimum absolute atomic E-state index is 0.0209. The summed E-state index contributed by atoms with van der Waals surface area (Å²) in [5.74, 6) is 2.14. The second-order valence-electron chi connectivity index (χ2n) is 9.55. The number of hydrogen-bond donors (Lipinski definition) is 1. The highest BCUT2D eigenvalue weighted by atomic mass is 16.4. The molecule has 174 valence electrons. The van der Waals surface area contributed by atoms with Crippen molar-refractivity contribution in [1.82, 2.24) is 15.5 Å². The average molecular weight is 450 g/mol. The molecule has 33 heavy (non-hydrogen) atoms. The third kappa shape index (κ3) is 5.20. The molecule has 2 amide bonds. The van der Waals surface area contributed by atoms with Crippen LogP contribution in [0, 0.1) is 5.92 Å². The van der Waals surface area contributed by atoms with Crippen molar-refractivity contribution in [2.45, 2.75) is 88.5 Å². The van der Waals surface area contributed by atoms with Crippen molar-refractivity contribution in [1.29, 1.82) is 0 Å². The van der Waals surface area contributed by atoms with E-state index in [1.165, 1.54) is 19.3 Å². The first-order chi connectivity index (χ1) is 16.2. The zero-order valence-corrected chi connectivity index (χ0v) is 18.9. The third-order valence-corrected chi connectivity index (χ3v) is 7.19. The van der Waals surface area contributed by atoms with Crippen molar-refractivity contribution in [3.05, 3.63) is 36.1 Å². The molecule has 0 spiro atoms. The number of aromatic nitrogens is 2. The van der Waals surface area contributed by atoms with E-state index in [0.717, 1.165) is 50.3 Å². The summed E-state index contributed by atoms with van der Waals surface area (Å²) in [6, 6.07) is 0.159. The lowest BCUT2D eigenvalue weighted by Gasteiger charge is -2.27. The van der Waals surface area contributed by atoms with E-state index in [2.05, 4.69) is 25.5 Å². The maximum absolute atomic E-state index is 12.5. The van der Waals surface area contributed by atoms with Crippen molar-refractivity contribution in [3.63, 3.8) is 0 Å². The van der Waals surface area contributed by atoms with Crippen molar-refractivity contribution >= 4 is 23.4 Å². The lowest BCUT2D eigenvalue weighted by molar-refractivity contribution is -0.122. The number of amidine groups is 1. The Hall–Kier alpha value is -2.90. The van der Waals surface area contributed by atoms with E-state index in [1.807, 2.05) is 18.2 Å². The smallest absolute Gasteiger partial charge is 0.260 e. The van der Waals surface area contributed by atoms with Gasteiger partial charge in [0, 0.05) is 30.7 Å². The highest BCUT2D eigenvalue weighted by Gasteiger charge is 2.29. The van der Waals surface area contributed by atoms with Gasteiger partial charge in [-0.15, -0.1) is 10.2 Å². The molecule has 0 aromatic carbocycles. The first-order valence-corrected chi connectivity index (χ1v) is 12.3. The Kier molecular flexibility index (Phi) is 6.60. The Morgan fingerprint density at radius 1 is 0.939 bits per heavy atom. The Morgan fingerprint density at radius 2 is 1.67 bits per heavy atom. The zero-order chi connectivity index (χ0) is 22.6. The molecule has 1 aromatic heterocycles. The van der Waals surface area contributed by atoms with E-state index >= 15 is 0 Å². The largest absolute Gasteiger partial charge is 0.425 e. The van der Waals surface area contributed by atoms with Crippen LogP contribution in [-0.4, -0.2) is 39.6 Å². The second kappa shape index (κ2) is 9.93. The fourth-order valence-corrected chi connectivity index (χ4v) is 5.27. The van der Waals surface area contributed by atoms with Crippen LogP contribution in [0.4, 0.5) is 0 Å². The molecule has 8 heteroatoms. The molecule has 1 N–H and O–H groups in total. The second-order valence-corrected chi connectivity index (χ2v) is 9.55. The fraction of sp³-hybridized carbons (Fsp3) is 0.600. The number of aliphatic imine (C=N–C) groups is 2. The van der Waals surface area contributed by atoms with E-state index in [-0.39, 0.29) is 36.1 Å². The van der Waals surface area contributed by atoms with Gasteiger partial charge in [-0.3, -0.25) is 9.59 Å². The molecule has 0 bridgehead atoms. The van der Waals surface area contributed by atoms with E-state index in [1.54, 1.807) is 6.08 Å². The number of hydrogen-bond acceptors (Lipinski definition) is 6. The molecule has 0 saturated heterocycles. The quantitative estimate of drug-likeness (QED) is 0.701. The molecule has 2 saturated carbocycles. The first kappa shape index (κ1) is 21.9. The van der Waals surface area contributed by atoms with Gasteiger partial charge in [0.2, 0.25) is 17.7 Å². The number of nitrogens with zero attached hydrogens (tertiary/aromatic N) is 4. The van der Waals surface area contributed by atoms with Gasteiger partial charge in [0.05, 0.1) is 5.71 Å². The van der Waals surface area contributed by atoms with E-state index in [9.17, 15) is 9.59 Å². The van der Waals surface area contributed by atoms with Crippen LogP contribution in [-0.2, 0) is 9.59 Å². The van der Waals surface area contributed by atoms with Gasteiger partial charge in [0.15, 0.2) is 0 Å². The highest BCUT2D eigenvalue weighted by molar-refractivity contribution is 6.21. The summed E-state index contributed by atoms with van der Waals surface area (Å²) >= 11 is 0. The van der Waals surface area contributed by atoms with Crippen LogP contribution >= 0.6 is 0 Å². The lowest BCUT2D eigenvalue weighted by Crippen LogP contribution is -2.37. The zero-order valence-electron chi connectivity index (χ0n) is 18.9. The summed E-state index contributed by atoms with van der Waals surface area (Å²) in [6.45, 7) is 0. The molecule has 8 nitrogen and oxygen atoms in total. The summed E-state index contributed by atoms with van der Waals surface area (Å²) in [5.41, 5.74) is 0.707. The number of nitrogens with one attached hydrogen (secondary N) is 1. The van der Waals surface area contributed by atoms with Crippen LogP contribution < -0.4 is 5.32 Å². The number of amides is 2. The Morgan fingerprint density at radius 3 is 2.42 bits per heavy atom. The standard InChI is InChI=1S/C25H31N5O3/c31-22(15-14-21-27-20-9-5-4-8-19(20)23(32)28-21)26-18-12-10-17(11-13-18)25-30-29-24(33-25)16-6-2-1-3-7-16/h4-5,8-9,16-19H,1-3,6-7,10-15H2,(H,26,31). The molecule has 2 heterocycles. The van der Waals surface area contributed by atoms with Crippen molar-refractivity contribution in [2.75, 3.05) is 0 Å². The third-order valence-electron chi connectivity index (χ3n) is 7.19. The SMILES string of the molecule is O=C(CCC1=NC(=O)C2C=CC=CC2=N1)NC1CCC(c2nnc(C3CCCCC3)o2)CC1. The maximum Gasteiger partial charge on any atom is 0.260 e. The molecule has 1 atom stereocenters. The van der Waals surface area contributed by atoms with Crippen molar-refractivity contribution < 1.29 is 14.0 Å². The Balaban J connectivity index is 1.06. The number of carbonyl (C=O) groups is 2. The minimum Gasteiger partial charge on any atom is -0.425 e. The normalized spacial score (nSPS) is 27.6. The van der Waals surface area contributed by atoms with Crippen LogP contribution in [0.2, 0.25) is 0 Å². The average Bonchev–Trinajstić information content (AvgIpc) is 3.34. The molecular weight excluding hydrogens is 418 g/mol. The first-order valence-electron chi connectivity index (χ1n) is 12.3. The fourth-order valence-electron chi connectivity index (χ4n) is 5.27. The predicted octanol–water partition coefficient (Wildman–Crippen LogP) is 4.16. The molecule has 1 aliphatic heterocycles. The summed E-state index contributed by atoms with van der Waals surface area (Å²) in [5, 5.41) is 11.8. The minimum atomic E-state index is -0.375. The number of rotatable bonds is 6. The monoisotopic (exact) mass is 449 g/mol. The summed E-state index contributed by atoms with van der Waals surface area (Å²) in [4.78, 5) is 33.2. The molecule has 1 aromatic rings. The van der Waals surface area contributed by atoms with E-state index < -0.39 is 0 Å². The van der Waals surface area contributed by atoms with Gasteiger partial charge < -0.3 is 9.73 Å². The van der Waals surface area contributed by atoms with Gasteiger partial charge in [-0.05, 0) is 44.6 Å². The molecular formula is C25H31N5O3. The van der Waals surface area contributed by atoms with Crippen LogP contribution in [0.1, 0.15) is 94.2 Å². The number of carbonyl (C=O) groups excluding carboxylic acids is 2. The molecule has 4 aliphatic rings. The maximum atomic E-state index is 12.5. The molecule has 2 fully saturated rings. The van der Waals surface area contributed by atoms with E-state index in [4.69, 9.17) is 4.42 Å². The summed E-state index contributed by atoms with van der Waals surface area (Å²) < 4.78 is 6.06.